The van der Waals surface area contributed by atoms with Gasteiger partial charge in [-0.25, -0.2) is 0 Å². The molecule has 1 aliphatic rings. The van der Waals surface area contributed by atoms with Crippen LogP contribution in [0.25, 0.3) is 0 Å². The van der Waals surface area contributed by atoms with Gasteiger partial charge in [-0.2, -0.15) is 0 Å². The summed E-state index contributed by atoms with van der Waals surface area (Å²) in [6.07, 6.45) is 6.18. The Labute approximate surface area is 122 Å². The summed E-state index contributed by atoms with van der Waals surface area (Å²) in [6, 6.07) is 8.51. The zero-order valence-corrected chi connectivity index (χ0v) is 12.8. The maximum absolute atomic E-state index is 5.89. The lowest BCUT2D eigenvalue weighted by atomic mass is 9.77. The first-order chi connectivity index (χ1) is 9.76. The van der Waals surface area contributed by atoms with Gasteiger partial charge in [-0.15, -0.1) is 0 Å². The van der Waals surface area contributed by atoms with E-state index in [1.807, 2.05) is 6.07 Å². The molecule has 0 spiro atoms. The number of para-hydroxylation sites is 1. The quantitative estimate of drug-likeness (QED) is 0.613. The molecule has 112 valence electrons. The molecule has 0 amide bonds. The van der Waals surface area contributed by atoms with Crippen LogP contribution in [0.15, 0.2) is 24.3 Å². The van der Waals surface area contributed by atoms with Gasteiger partial charge in [0.2, 0.25) is 0 Å². The third-order valence-corrected chi connectivity index (χ3v) is 4.34. The van der Waals surface area contributed by atoms with Crippen molar-refractivity contribution in [3.63, 3.8) is 0 Å². The molecule has 3 unspecified atom stereocenters. The van der Waals surface area contributed by atoms with Crippen LogP contribution in [0.1, 0.15) is 57.6 Å². The lowest BCUT2D eigenvalue weighted by Crippen LogP contribution is -2.35. The van der Waals surface area contributed by atoms with E-state index in [1.54, 1.807) is 0 Å². The molecule has 3 heteroatoms. The van der Waals surface area contributed by atoms with Gasteiger partial charge in [-0.1, -0.05) is 44.9 Å². The highest BCUT2D eigenvalue weighted by Gasteiger charge is 2.28. The van der Waals surface area contributed by atoms with Crippen LogP contribution in [-0.4, -0.2) is 6.61 Å². The first-order valence-corrected chi connectivity index (χ1v) is 7.94. The van der Waals surface area contributed by atoms with Crippen LogP contribution in [0.4, 0.5) is 0 Å². The number of benzene rings is 1. The molecule has 1 saturated carbocycles. The smallest absolute Gasteiger partial charge is 0.124 e. The maximum Gasteiger partial charge on any atom is 0.124 e. The largest absolute Gasteiger partial charge is 0.493 e. The summed E-state index contributed by atoms with van der Waals surface area (Å²) in [6.45, 7) is 5.23. The van der Waals surface area contributed by atoms with Crippen LogP contribution in [0.5, 0.6) is 5.75 Å². The second kappa shape index (κ2) is 7.65. The highest BCUT2D eigenvalue weighted by Crippen LogP contribution is 2.39. The Morgan fingerprint density at radius 1 is 1.35 bits per heavy atom. The van der Waals surface area contributed by atoms with Gasteiger partial charge in [0.1, 0.15) is 5.75 Å². The summed E-state index contributed by atoms with van der Waals surface area (Å²) < 4.78 is 5.89. The van der Waals surface area contributed by atoms with E-state index in [2.05, 4.69) is 37.5 Å². The molecule has 0 aromatic heterocycles. The second-order valence-electron chi connectivity index (χ2n) is 6.06. The number of ether oxygens (including phenoxy) is 1. The number of hydrogen-bond donors (Lipinski definition) is 2. The van der Waals surface area contributed by atoms with Gasteiger partial charge in [-0.05, 0) is 37.2 Å². The van der Waals surface area contributed by atoms with Crippen molar-refractivity contribution < 1.29 is 4.74 Å². The van der Waals surface area contributed by atoms with E-state index in [1.165, 1.54) is 31.2 Å². The molecular formula is C17H28N2O. The summed E-state index contributed by atoms with van der Waals surface area (Å²) in [4.78, 5) is 0. The minimum absolute atomic E-state index is 0.200. The molecule has 3 atom stereocenters. The molecule has 1 aromatic carbocycles. The molecular weight excluding hydrogens is 248 g/mol. The Kier molecular flexibility index (Phi) is 5.86. The van der Waals surface area contributed by atoms with E-state index in [0.29, 0.717) is 5.92 Å². The Morgan fingerprint density at radius 2 is 2.15 bits per heavy atom. The molecule has 1 aromatic rings. The molecule has 1 aliphatic carbocycles. The number of nitrogens with two attached hydrogens (primary N) is 1. The maximum atomic E-state index is 5.89. The van der Waals surface area contributed by atoms with Crippen molar-refractivity contribution in [3.05, 3.63) is 29.8 Å². The summed E-state index contributed by atoms with van der Waals surface area (Å²) >= 11 is 0. The molecule has 0 heterocycles. The van der Waals surface area contributed by atoms with Crippen LogP contribution in [-0.2, 0) is 0 Å². The minimum atomic E-state index is 0.200. The standard InChI is InChI=1S/C17H28N2O/c1-3-11-20-16-10-5-4-9-15(16)17(19-18)14-8-6-7-13(2)12-14/h4-5,9-10,13-14,17,19H,3,6-8,11-12,18H2,1-2H3. The highest BCUT2D eigenvalue weighted by atomic mass is 16.5. The average molecular weight is 276 g/mol. The normalized spacial score (nSPS) is 24.4. The van der Waals surface area contributed by atoms with E-state index in [4.69, 9.17) is 10.6 Å². The molecule has 0 radical (unpaired) electrons. The van der Waals surface area contributed by atoms with Crippen molar-refractivity contribution in [2.45, 2.75) is 52.0 Å². The molecule has 0 aliphatic heterocycles. The van der Waals surface area contributed by atoms with Gasteiger partial charge in [0.15, 0.2) is 0 Å². The van der Waals surface area contributed by atoms with Crippen LogP contribution >= 0.6 is 0 Å². The van der Waals surface area contributed by atoms with Gasteiger partial charge in [0.05, 0.1) is 12.6 Å². The first kappa shape index (κ1) is 15.3. The fourth-order valence-corrected chi connectivity index (χ4v) is 3.34. The molecule has 2 rings (SSSR count). The van der Waals surface area contributed by atoms with Crippen LogP contribution in [0.2, 0.25) is 0 Å². The number of hydrogen-bond acceptors (Lipinski definition) is 3. The average Bonchev–Trinajstić information content (AvgIpc) is 2.47. The molecule has 3 nitrogen and oxygen atoms in total. The summed E-state index contributed by atoms with van der Waals surface area (Å²) in [5, 5.41) is 0. The summed E-state index contributed by atoms with van der Waals surface area (Å²) in [7, 11) is 0. The molecule has 1 fully saturated rings. The van der Waals surface area contributed by atoms with Crippen molar-refractivity contribution in [2.24, 2.45) is 17.7 Å². The minimum Gasteiger partial charge on any atom is -0.493 e. The van der Waals surface area contributed by atoms with E-state index in [9.17, 15) is 0 Å². The summed E-state index contributed by atoms with van der Waals surface area (Å²) in [5.41, 5.74) is 4.26. The Balaban J connectivity index is 2.17. The van der Waals surface area contributed by atoms with Crippen molar-refractivity contribution in [3.8, 4) is 5.75 Å². The van der Waals surface area contributed by atoms with E-state index >= 15 is 0 Å². The van der Waals surface area contributed by atoms with Gasteiger partial charge < -0.3 is 4.74 Å². The zero-order valence-electron chi connectivity index (χ0n) is 12.8. The highest BCUT2D eigenvalue weighted by molar-refractivity contribution is 5.36. The van der Waals surface area contributed by atoms with Crippen LogP contribution in [0, 0.1) is 11.8 Å². The number of hydrazine groups is 1. The zero-order chi connectivity index (χ0) is 14.4. The van der Waals surface area contributed by atoms with E-state index in [0.717, 1.165) is 24.7 Å². The lowest BCUT2D eigenvalue weighted by Gasteiger charge is -2.33. The van der Waals surface area contributed by atoms with Gasteiger partial charge in [0.25, 0.3) is 0 Å². The van der Waals surface area contributed by atoms with Crippen molar-refractivity contribution in [2.75, 3.05) is 6.61 Å². The number of nitrogens with one attached hydrogen (secondary N) is 1. The third kappa shape index (κ3) is 3.74. The predicted molar refractivity (Wildman–Crippen MR) is 83.4 cm³/mol. The Hall–Kier alpha value is -1.06. The van der Waals surface area contributed by atoms with E-state index in [-0.39, 0.29) is 6.04 Å². The van der Waals surface area contributed by atoms with E-state index < -0.39 is 0 Å². The van der Waals surface area contributed by atoms with Crippen molar-refractivity contribution in [1.29, 1.82) is 0 Å². The SMILES string of the molecule is CCCOc1ccccc1C(NN)C1CCCC(C)C1. The number of rotatable bonds is 6. The second-order valence-corrected chi connectivity index (χ2v) is 6.06. The Morgan fingerprint density at radius 3 is 2.85 bits per heavy atom. The first-order valence-electron chi connectivity index (χ1n) is 7.94. The topological polar surface area (TPSA) is 47.3 Å². The summed E-state index contributed by atoms with van der Waals surface area (Å²) in [5.74, 6) is 8.26. The fourth-order valence-electron chi connectivity index (χ4n) is 3.34. The van der Waals surface area contributed by atoms with Gasteiger partial charge in [-0.3, -0.25) is 11.3 Å². The van der Waals surface area contributed by atoms with Crippen molar-refractivity contribution in [1.82, 2.24) is 5.43 Å². The molecule has 3 N–H and O–H groups in total. The predicted octanol–water partition coefficient (Wildman–Crippen LogP) is 3.81. The Bertz CT molecular complexity index is 408. The van der Waals surface area contributed by atoms with Crippen LogP contribution < -0.4 is 16.0 Å². The van der Waals surface area contributed by atoms with Crippen LogP contribution in [0.3, 0.4) is 0 Å². The van der Waals surface area contributed by atoms with Gasteiger partial charge in [0, 0.05) is 5.56 Å². The molecule has 0 saturated heterocycles. The monoisotopic (exact) mass is 276 g/mol. The molecule has 0 bridgehead atoms. The fraction of sp³-hybridized carbons (Fsp3) is 0.647. The lowest BCUT2D eigenvalue weighted by molar-refractivity contribution is 0.218. The van der Waals surface area contributed by atoms with Gasteiger partial charge >= 0.3 is 0 Å². The third-order valence-electron chi connectivity index (χ3n) is 4.34. The molecule has 20 heavy (non-hydrogen) atoms. The van der Waals surface area contributed by atoms with Crippen molar-refractivity contribution >= 4 is 0 Å².